The lowest BCUT2D eigenvalue weighted by molar-refractivity contribution is 0.547. The van der Waals surface area contributed by atoms with Crippen LogP contribution in [-0.4, -0.2) is 10.4 Å². The average molecular weight is 211 g/mol. The fourth-order valence-corrected chi connectivity index (χ4v) is 2.50. The Morgan fingerprint density at radius 2 is 2.36 bits per heavy atom. The van der Waals surface area contributed by atoms with Crippen LogP contribution in [0.25, 0.3) is 0 Å². The summed E-state index contributed by atoms with van der Waals surface area (Å²) >= 11 is 6.07. The smallest absolute Gasteiger partial charge is 0.0377 e. The van der Waals surface area contributed by atoms with Crippen molar-refractivity contribution in [2.24, 2.45) is 5.92 Å². The van der Waals surface area contributed by atoms with E-state index in [1.807, 2.05) is 12.3 Å². The summed E-state index contributed by atoms with van der Waals surface area (Å²) in [6.45, 7) is 0. The van der Waals surface area contributed by atoms with Crippen molar-refractivity contribution in [3.63, 3.8) is 0 Å². The normalized spacial score (nSPS) is 26.6. The van der Waals surface area contributed by atoms with Gasteiger partial charge in [-0.25, -0.2) is 0 Å². The number of aromatic nitrogens is 1. The molecule has 1 aromatic heterocycles. The van der Waals surface area contributed by atoms with Gasteiger partial charge in [-0.15, -0.1) is 11.6 Å². The van der Waals surface area contributed by atoms with Crippen molar-refractivity contribution < 1.29 is 0 Å². The number of nitrogens with zero attached hydrogens (tertiary/aromatic N) is 1. The van der Waals surface area contributed by atoms with Gasteiger partial charge >= 0.3 is 0 Å². The molecule has 1 fully saturated rings. The molecule has 1 aromatic rings. The maximum atomic E-state index is 6.07. The topological polar surface area (TPSA) is 38.9 Å². The molecule has 1 heterocycles. The van der Waals surface area contributed by atoms with Crippen LogP contribution in [-0.2, 0) is 6.42 Å². The maximum Gasteiger partial charge on any atom is 0.0377 e. The van der Waals surface area contributed by atoms with Gasteiger partial charge in [0.05, 0.1) is 0 Å². The number of hydrogen-bond acceptors (Lipinski definition) is 2. The number of alkyl halides is 1. The summed E-state index contributed by atoms with van der Waals surface area (Å²) in [5, 5.41) is 0.373. The van der Waals surface area contributed by atoms with Gasteiger partial charge < -0.3 is 5.73 Å². The summed E-state index contributed by atoms with van der Waals surface area (Å²) < 4.78 is 0. The Hall–Kier alpha value is -0.760. The van der Waals surface area contributed by atoms with Crippen LogP contribution in [0, 0.1) is 5.92 Å². The lowest BCUT2D eigenvalue weighted by atomic mass is 9.98. The highest BCUT2D eigenvalue weighted by Crippen LogP contribution is 2.32. The number of rotatable bonds is 2. The van der Waals surface area contributed by atoms with Crippen LogP contribution in [0.1, 0.15) is 24.8 Å². The second kappa shape index (κ2) is 4.18. The monoisotopic (exact) mass is 210 g/mol. The third-order valence-corrected chi connectivity index (χ3v) is 3.32. The maximum absolute atomic E-state index is 6.07. The summed E-state index contributed by atoms with van der Waals surface area (Å²) in [5.41, 5.74) is 7.89. The lowest BCUT2D eigenvalue weighted by Gasteiger charge is -2.10. The van der Waals surface area contributed by atoms with E-state index in [1.54, 1.807) is 6.20 Å². The van der Waals surface area contributed by atoms with Gasteiger partial charge in [-0.05, 0) is 43.2 Å². The molecule has 0 radical (unpaired) electrons. The molecule has 1 aliphatic carbocycles. The zero-order chi connectivity index (χ0) is 9.97. The van der Waals surface area contributed by atoms with Crippen molar-refractivity contribution in [3.8, 4) is 0 Å². The van der Waals surface area contributed by atoms with E-state index in [1.165, 1.54) is 12.0 Å². The zero-order valence-electron chi connectivity index (χ0n) is 8.12. The molecule has 0 aliphatic heterocycles. The van der Waals surface area contributed by atoms with E-state index < -0.39 is 0 Å². The average Bonchev–Trinajstić information content (AvgIpc) is 2.56. The van der Waals surface area contributed by atoms with E-state index in [0.29, 0.717) is 11.3 Å². The number of pyridine rings is 1. The first kappa shape index (κ1) is 9.78. The SMILES string of the molecule is Nc1ccncc1CC1CCC(Cl)C1. The van der Waals surface area contributed by atoms with Gasteiger partial charge in [-0.1, -0.05) is 0 Å². The number of nitrogen functional groups attached to an aromatic ring is 1. The molecule has 1 aliphatic rings. The summed E-state index contributed by atoms with van der Waals surface area (Å²) in [4.78, 5) is 4.09. The third-order valence-electron chi connectivity index (χ3n) is 2.93. The van der Waals surface area contributed by atoms with E-state index in [4.69, 9.17) is 17.3 Å². The van der Waals surface area contributed by atoms with Crippen molar-refractivity contribution in [1.29, 1.82) is 0 Å². The largest absolute Gasteiger partial charge is 0.398 e. The highest BCUT2D eigenvalue weighted by molar-refractivity contribution is 6.20. The molecule has 2 rings (SSSR count). The Morgan fingerprint density at radius 3 is 3.00 bits per heavy atom. The van der Waals surface area contributed by atoms with Crippen molar-refractivity contribution in [1.82, 2.24) is 4.98 Å². The third kappa shape index (κ3) is 2.18. The van der Waals surface area contributed by atoms with Crippen LogP contribution >= 0.6 is 11.6 Å². The molecule has 76 valence electrons. The Kier molecular flexibility index (Phi) is 2.92. The van der Waals surface area contributed by atoms with Crippen LogP contribution in [0.15, 0.2) is 18.5 Å². The highest BCUT2D eigenvalue weighted by atomic mass is 35.5. The van der Waals surface area contributed by atoms with Crippen molar-refractivity contribution in [3.05, 3.63) is 24.0 Å². The van der Waals surface area contributed by atoms with Crippen LogP contribution in [0.5, 0.6) is 0 Å². The van der Waals surface area contributed by atoms with E-state index in [2.05, 4.69) is 4.98 Å². The molecule has 0 amide bonds. The molecular formula is C11H15ClN2. The zero-order valence-corrected chi connectivity index (χ0v) is 8.87. The van der Waals surface area contributed by atoms with Gasteiger partial charge in [0.15, 0.2) is 0 Å². The molecule has 0 bridgehead atoms. The van der Waals surface area contributed by atoms with Crippen molar-refractivity contribution >= 4 is 17.3 Å². The summed E-state index contributed by atoms with van der Waals surface area (Å²) in [6, 6.07) is 1.86. The minimum Gasteiger partial charge on any atom is -0.398 e. The van der Waals surface area contributed by atoms with Crippen LogP contribution in [0.3, 0.4) is 0 Å². The van der Waals surface area contributed by atoms with E-state index in [9.17, 15) is 0 Å². The second-order valence-electron chi connectivity index (χ2n) is 4.05. The van der Waals surface area contributed by atoms with Crippen LogP contribution in [0.2, 0.25) is 0 Å². The van der Waals surface area contributed by atoms with Crippen LogP contribution in [0.4, 0.5) is 5.69 Å². The van der Waals surface area contributed by atoms with Crippen molar-refractivity contribution in [2.45, 2.75) is 31.1 Å². The molecule has 1 saturated carbocycles. The van der Waals surface area contributed by atoms with Gasteiger partial charge in [0.25, 0.3) is 0 Å². The molecule has 2 unspecified atom stereocenters. The van der Waals surface area contributed by atoms with E-state index >= 15 is 0 Å². The first-order valence-corrected chi connectivity index (χ1v) is 5.52. The second-order valence-corrected chi connectivity index (χ2v) is 4.67. The molecule has 2 nitrogen and oxygen atoms in total. The quantitative estimate of drug-likeness (QED) is 0.763. The predicted octanol–water partition coefficient (Wildman–Crippen LogP) is 2.61. The molecule has 3 heteroatoms. The minimum absolute atomic E-state index is 0.373. The fraction of sp³-hybridized carbons (Fsp3) is 0.545. The molecule has 2 atom stereocenters. The number of anilines is 1. The highest BCUT2D eigenvalue weighted by Gasteiger charge is 2.23. The van der Waals surface area contributed by atoms with Crippen molar-refractivity contribution in [2.75, 3.05) is 5.73 Å². The Balaban J connectivity index is 2.01. The number of nitrogens with two attached hydrogens (primary N) is 1. The van der Waals surface area contributed by atoms with E-state index in [0.717, 1.165) is 24.9 Å². The molecule has 0 saturated heterocycles. The number of hydrogen-bond donors (Lipinski definition) is 1. The standard InChI is InChI=1S/C11H15ClN2/c12-10-2-1-8(6-10)5-9-7-14-4-3-11(9)13/h3-4,7-8,10H,1-2,5-6H2,(H2,13,14). The fourth-order valence-electron chi connectivity index (χ4n) is 2.12. The molecule has 2 N–H and O–H groups in total. The first-order chi connectivity index (χ1) is 6.75. The number of halogens is 1. The Morgan fingerprint density at radius 1 is 1.50 bits per heavy atom. The van der Waals surface area contributed by atoms with Gasteiger partial charge in [0.2, 0.25) is 0 Å². The lowest BCUT2D eigenvalue weighted by Crippen LogP contribution is -2.03. The van der Waals surface area contributed by atoms with Gasteiger partial charge in [0, 0.05) is 23.5 Å². The molecule has 0 spiro atoms. The van der Waals surface area contributed by atoms with Gasteiger partial charge in [0.1, 0.15) is 0 Å². The molecule has 0 aromatic carbocycles. The Labute approximate surface area is 89.5 Å². The van der Waals surface area contributed by atoms with Gasteiger partial charge in [-0.2, -0.15) is 0 Å². The predicted molar refractivity (Wildman–Crippen MR) is 59.3 cm³/mol. The summed E-state index contributed by atoms with van der Waals surface area (Å²) in [6.07, 6.45) is 8.13. The molecular weight excluding hydrogens is 196 g/mol. The van der Waals surface area contributed by atoms with E-state index in [-0.39, 0.29) is 0 Å². The Bertz CT molecular complexity index is 314. The summed E-state index contributed by atoms with van der Waals surface area (Å²) in [5.74, 6) is 0.698. The molecule has 14 heavy (non-hydrogen) atoms. The minimum atomic E-state index is 0.373. The van der Waals surface area contributed by atoms with Crippen LogP contribution < -0.4 is 5.73 Å². The first-order valence-electron chi connectivity index (χ1n) is 5.08. The summed E-state index contributed by atoms with van der Waals surface area (Å²) in [7, 11) is 0. The van der Waals surface area contributed by atoms with Gasteiger partial charge in [-0.3, -0.25) is 4.98 Å².